The number of aryl methyl sites for hydroxylation is 1. The highest BCUT2D eigenvalue weighted by molar-refractivity contribution is 7.89. The van der Waals surface area contributed by atoms with Gasteiger partial charge in [0.15, 0.2) is 0 Å². The third-order valence-electron chi connectivity index (χ3n) is 6.07. The number of amides is 1. The highest BCUT2D eigenvalue weighted by atomic mass is 32.2. The van der Waals surface area contributed by atoms with E-state index in [1.165, 1.54) is 0 Å². The number of ether oxygens (including phenoxy) is 1. The van der Waals surface area contributed by atoms with Crippen molar-refractivity contribution in [3.63, 3.8) is 0 Å². The van der Waals surface area contributed by atoms with E-state index in [1.807, 2.05) is 61.5 Å². The highest BCUT2D eigenvalue weighted by Crippen LogP contribution is 2.35. The van der Waals surface area contributed by atoms with Gasteiger partial charge in [-0.15, -0.1) is 0 Å². The number of fused-ring (bicyclic) bond motifs is 2. The number of sulfonamides is 1. The third-order valence-corrected chi connectivity index (χ3v) is 7.60. The average Bonchev–Trinajstić information content (AvgIpc) is 2.84. The smallest absolute Gasteiger partial charge is 0.255 e. The highest BCUT2D eigenvalue weighted by Gasteiger charge is 2.28. The lowest BCUT2D eigenvalue weighted by Crippen LogP contribution is -2.32. The van der Waals surface area contributed by atoms with Crippen LogP contribution in [0.3, 0.4) is 0 Å². The predicted molar refractivity (Wildman–Crippen MR) is 133 cm³/mol. The van der Waals surface area contributed by atoms with Crippen LogP contribution < -0.4 is 14.8 Å². The number of hydrogen-bond donors (Lipinski definition) is 2. The van der Waals surface area contributed by atoms with Crippen molar-refractivity contribution >= 4 is 32.4 Å². The Hall–Kier alpha value is -3.68. The monoisotopic (exact) mass is 472 g/mol. The van der Waals surface area contributed by atoms with E-state index < -0.39 is 10.0 Å². The minimum absolute atomic E-state index is 0.168. The molecule has 7 heteroatoms. The van der Waals surface area contributed by atoms with Gasteiger partial charge in [0, 0.05) is 34.0 Å². The molecule has 1 aliphatic rings. The molecule has 4 aromatic rings. The summed E-state index contributed by atoms with van der Waals surface area (Å²) in [7, 11) is -3.85. The maximum atomic E-state index is 13.5. The van der Waals surface area contributed by atoms with Gasteiger partial charge in [0.05, 0.1) is 17.5 Å². The number of para-hydroxylation sites is 1. The molecule has 1 atom stereocenters. The van der Waals surface area contributed by atoms with Crippen LogP contribution in [-0.2, 0) is 10.0 Å². The molecule has 1 unspecified atom stereocenters. The van der Waals surface area contributed by atoms with E-state index in [-0.39, 0.29) is 16.8 Å². The average molecular weight is 473 g/mol. The van der Waals surface area contributed by atoms with E-state index in [4.69, 9.17) is 4.74 Å². The van der Waals surface area contributed by atoms with E-state index >= 15 is 0 Å². The number of carbonyl (C=O) groups excluding carboxylic acids is 1. The number of anilines is 1. The molecular weight excluding hydrogens is 448 g/mol. The minimum Gasteiger partial charge on any atom is -0.493 e. The van der Waals surface area contributed by atoms with Crippen molar-refractivity contribution in [1.82, 2.24) is 4.72 Å². The first-order chi connectivity index (χ1) is 16.4. The summed E-state index contributed by atoms with van der Waals surface area (Å²) in [6.07, 6.45) is 0.540. The van der Waals surface area contributed by atoms with Gasteiger partial charge in [-0.1, -0.05) is 60.7 Å². The number of nitrogens with one attached hydrogen (secondary N) is 2. The molecule has 0 saturated heterocycles. The summed E-state index contributed by atoms with van der Waals surface area (Å²) in [5.74, 6) is 0.455. The molecule has 1 heterocycles. The number of rotatable bonds is 5. The van der Waals surface area contributed by atoms with E-state index in [9.17, 15) is 13.2 Å². The van der Waals surface area contributed by atoms with Crippen LogP contribution in [0.15, 0.2) is 89.8 Å². The number of hydrogen-bond acceptors (Lipinski definition) is 4. The SMILES string of the molecule is Cc1ccccc1C(=O)Nc1ccc(S(=O)(=O)NC2CCOc3ccccc32)c2ccccc12. The normalized spacial score (nSPS) is 15.4. The Morgan fingerprint density at radius 2 is 1.59 bits per heavy atom. The summed E-state index contributed by atoms with van der Waals surface area (Å²) in [5, 5.41) is 4.14. The molecule has 34 heavy (non-hydrogen) atoms. The first-order valence-corrected chi connectivity index (χ1v) is 12.6. The van der Waals surface area contributed by atoms with Crippen molar-refractivity contribution in [2.45, 2.75) is 24.3 Å². The van der Waals surface area contributed by atoms with Gasteiger partial charge in [-0.05, 0) is 36.8 Å². The van der Waals surface area contributed by atoms with Crippen molar-refractivity contribution in [2.24, 2.45) is 0 Å². The van der Waals surface area contributed by atoms with Crippen LogP contribution in [0.4, 0.5) is 5.69 Å². The second-order valence-corrected chi connectivity index (χ2v) is 9.96. The molecule has 1 aliphatic heterocycles. The Balaban J connectivity index is 1.50. The van der Waals surface area contributed by atoms with Crippen molar-refractivity contribution in [1.29, 1.82) is 0 Å². The van der Waals surface area contributed by atoms with Gasteiger partial charge in [0.1, 0.15) is 5.75 Å². The van der Waals surface area contributed by atoms with E-state index in [0.717, 1.165) is 11.1 Å². The number of benzene rings is 4. The summed E-state index contributed by atoms with van der Waals surface area (Å²) >= 11 is 0. The first kappa shape index (κ1) is 22.1. The summed E-state index contributed by atoms with van der Waals surface area (Å²) < 4.78 is 35.5. The molecule has 2 N–H and O–H groups in total. The van der Waals surface area contributed by atoms with Crippen LogP contribution in [0.2, 0.25) is 0 Å². The van der Waals surface area contributed by atoms with Crippen LogP contribution in [0.5, 0.6) is 5.75 Å². The lowest BCUT2D eigenvalue weighted by molar-refractivity contribution is 0.102. The fourth-order valence-corrected chi connectivity index (χ4v) is 5.81. The second kappa shape index (κ2) is 8.93. The zero-order valence-electron chi connectivity index (χ0n) is 18.6. The Labute approximate surface area is 198 Å². The topological polar surface area (TPSA) is 84.5 Å². The quantitative estimate of drug-likeness (QED) is 0.418. The first-order valence-electron chi connectivity index (χ1n) is 11.1. The van der Waals surface area contributed by atoms with Crippen molar-refractivity contribution in [3.8, 4) is 5.75 Å². The second-order valence-electron chi connectivity index (χ2n) is 8.27. The molecule has 0 aromatic heterocycles. The summed E-state index contributed by atoms with van der Waals surface area (Å²) in [5.41, 5.74) is 2.82. The van der Waals surface area contributed by atoms with Gasteiger partial charge in [0.2, 0.25) is 10.0 Å². The molecule has 0 fully saturated rings. The van der Waals surface area contributed by atoms with Crippen LogP contribution in [0.25, 0.3) is 10.8 Å². The van der Waals surface area contributed by atoms with Crippen LogP contribution in [0.1, 0.15) is 33.9 Å². The molecule has 172 valence electrons. The van der Waals surface area contributed by atoms with Crippen molar-refractivity contribution < 1.29 is 17.9 Å². The standard InChI is InChI=1S/C27H24N2O4S/c1-18-8-2-3-9-19(18)27(30)28-23-14-15-26(21-11-5-4-10-20(21)23)34(31,32)29-24-16-17-33-25-13-7-6-12-22(24)25/h2-15,24,29H,16-17H2,1H3,(H,28,30). The molecule has 6 nitrogen and oxygen atoms in total. The zero-order valence-corrected chi connectivity index (χ0v) is 19.4. The van der Waals surface area contributed by atoms with E-state index in [0.29, 0.717) is 40.8 Å². The van der Waals surface area contributed by atoms with Gasteiger partial charge in [-0.25, -0.2) is 13.1 Å². The van der Waals surface area contributed by atoms with Gasteiger partial charge in [-0.2, -0.15) is 0 Å². The molecule has 0 saturated carbocycles. The molecule has 0 aliphatic carbocycles. The molecule has 1 amide bonds. The molecule has 5 rings (SSSR count). The summed E-state index contributed by atoms with van der Waals surface area (Å²) in [6.45, 7) is 2.32. The zero-order chi connectivity index (χ0) is 23.7. The molecular formula is C27H24N2O4S. The van der Waals surface area contributed by atoms with Gasteiger partial charge in [-0.3, -0.25) is 4.79 Å². The summed E-state index contributed by atoms with van der Waals surface area (Å²) in [6, 6.07) is 24.8. The van der Waals surface area contributed by atoms with E-state index in [1.54, 1.807) is 30.3 Å². The van der Waals surface area contributed by atoms with Crippen LogP contribution >= 0.6 is 0 Å². The van der Waals surface area contributed by atoms with E-state index in [2.05, 4.69) is 10.0 Å². The van der Waals surface area contributed by atoms with Crippen LogP contribution in [-0.4, -0.2) is 20.9 Å². The fraction of sp³-hybridized carbons (Fsp3) is 0.148. The van der Waals surface area contributed by atoms with Crippen molar-refractivity contribution in [3.05, 3.63) is 102 Å². The van der Waals surface area contributed by atoms with Gasteiger partial charge >= 0.3 is 0 Å². The Kier molecular flexibility index (Phi) is 5.81. The lowest BCUT2D eigenvalue weighted by atomic mass is 10.0. The predicted octanol–water partition coefficient (Wildman–Crippen LogP) is 5.20. The van der Waals surface area contributed by atoms with Gasteiger partial charge < -0.3 is 10.1 Å². The minimum atomic E-state index is -3.85. The van der Waals surface area contributed by atoms with Crippen LogP contribution in [0, 0.1) is 6.92 Å². The summed E-state index contributed by atoms with van der Waals surface area (Å²) in [4.78, 5) is 13.1. The Morgan fingerprint density at radius 3 is 2.41 bits per heavy atom. The molecule has 4 aromatic carbocycles. The maximum Gasteiger partial charge on any atom is 0.255 e. The fourth-order valence-electron chi connectivity index (χ4n) is 4.35. The molecule has 0 spiro atoms. The largest absolute Gasteiger partial charge is 0.493 e. The Morgan fingerprint density at radius 1 is 0.882 bits per heavy atom. The lowest BCUT2D eigenvalue weighted by Gasteiger charge is -2.26. The van der Waals surface area contributed by atoms with Crippen molar-refractivity contribution in [2.75, 3.05) is 11.9 Å². The molecule has 0 bridgehead atoms. The maximum absolute atomic E-state index is 13.5. The third kappa shape index (κ3) is 4.16. The Bertz CT molecular complexity index is 1500. The van der Waals surface area contributed by atoms with Gasteiger partial charge in [0.25, 0.3) is 5.91 Å². The number of carbonyl (C=O) groups is 1. The molecule has 0 radical (unpaired) electrons.